The van der Waals surface area contributed by atoms with E-state index in [4.69, 9.17) is 0 Å². The van der Waals surface area contributed by atoms with Crippen LogP contribution in [0.25, 0.3) is 0 Å². The Morgan fingerprint density at radius 2 is 1.64 bits per heavy atom. The van der Waals surface area contributed by atoms with Gasteiger partial charge in [-0.15, -0.1) is 0 Å². The number of carbonyl (C=O) groups excluding carboxylic acids is 1. The fourth-order valence-corrected chi connectivity index (χ4v) is 2.45. The Bertz CT molecular complexity index is 593. The van der Waals surface area contributed by atoms with Crippen molar-refractivity contribution in [2.45, 2.75) is 26.2 Å². The monoisotopic (exact) mass is 408 g/mol. The third-order valence-electron chi connectivity index (χ3n) is 3.35. The highest BCUT2D eigenvalue weighted by Gasteiger charge is 2.02. The van der Waals surface area contributed by atoms with Crippen LogP contribution >= 0.6 is 22.6 Å². The van der Waals surface area contributed by atoms with Gasteiger partial charge in [0.15, 0.2) is 0 Å². The second-order valence-corrected chi connectivity index (χ2v) is 6.45. The number of aryl methyl sites for hydroxylation is 1. The Labute approximate surface area is 145 Å². The van der Waals surface area contributed by atoms with Gasteiger partial charge in [-0.1, -0.05) is 25.5 Å². The van der Waals surface area contributed by atoms with E-state index in [1.54, 1.807) is 0 Å². The van der Waals surface area contributed by atoms with E-state index in [1.165, 1.54) is 22.0 Å². The van der Waals surface area contributed by atoms with Crippen molar-refractivity contribution in [1.29, 1.82) is 0 Å². The van der Waals surface area contributed by atoms with Crippen molar-refractivity contribution in [3.63, 3.8) is 0 Å². The summed E-state index contributed by atoms with van der Waals surface area (Å²) in [6, 6.07) is 16.1. The van der Waals surface area contributed by atoms with Gasteiger partial charge < -0.3 is 10.6 Å². The van der Waals surface area contributed by atoms with Gasteiger partial charge in [-0.2, -0.15) is 0 Å². The smallest absolute Gasteiger partial charge is 0.243 e. The molecule has 0 radical (unpaired) electrons. The van der Waals surface area contributed by atoms with Gasteiger partial charge in [-0.25, -0.2) is 0 Å². The third-order valence-corrected chi connectivity index (χ3v) is 4.07. The highest BCUT2D eigenvalue weighted by molar-refractivity contribution is 14.1. The SMILES string of the molecule is CCCCc1ccc(NC(=O)CNc2ccc(I)cc2)cc1. The maximum absolute atomic E-state index is 11.9. The minimum absolute atomic E-state index is 0.0418. The third kappa shape index (κ3) is 5.67. The summed E-state index contributed by atoms with van der Waals surface area (Å²) in [5.74, 6) is -0.0418. The molecule has 0 fully saturated rings. The fraction of sp³-hybridized carbons (Fsp3) is 0.278. The molecule has 2 aromatic rings. The molecular formula is C18H21IN2O. The van der Waals surface area contributed by atoms with Crippen LogP contribution < -0.4 is 10.6 Å². The van der Waals surface area contributed by atoms with Crippen molar-refractivity contribution >= 4 is 39.9 Å². The first-order valence-corrected chi connectivity index (χ1v) is 8.63. The summed E-state index contributed by atoms with van der Waals surface area (Å²) >= 11 is 2.26. The van der Waals surface area contributed by atoms with Crippen LogP contribution in [0.15, 0.2) is 48.5 Å². The summed E-state index contributed by atoms with van der Waals surface area (Å²) in [6.45, 7) is 2.45. The number of hydrogen-bond acceptors (Lipinski definition) is 2. The molecule has 2 aromatic carbocycles. The van der Waals surface area contributed by atoms with Gasteiger partial charge in [0.2, 0.25) is 5.91 Å². The molecule has 0 spiro atoms. The molecule has 0 unspecified atom stereocenters. The summed E-state index contributed by atoms with van der Waals surface area (Å²) in [5, 5.41) is 6.02. The Hall–Kier alpha value is -1.56. The second-order valence-electron chi connectivity index (χ2n) is 5.21. The lowest BCUT2D eigenvalue weighted by Gasteiger charge is -2.08. The molecule has 0 atom stereocenters. The maximum Gasteiger partial charge on any atom is 0.243 e. The molecule has 2 rings (SSSR count). The molecule has 0 aromatic heterocycles. The number of carbonyl (C=O) groups is 1. The summed E-state index contributed by atoms with van der Waals surface area (Å²) < 4.78 is 1.18. The molecular weight excluding hydrogens is 387 g/mol. The normalized spacial score (nSPS) is 10.3. The fourth-order valence-electron chi connectivity index (χ4n) is 2.09. The van der Waals surface area contributed by atoms with Crippen LogP contribution in [-0.4, -0.2) is 12.5 Å². The molecule has 2 N–H and O–H groups in total. The van der Waals surface area contributed by atoms with E-state index in [9.17, 15) is 4.79 Å². The van der Waals surface area contributed by atoms with E-state index >= 15 is 0 Å². The van der Waals surface area contributed by atoms with Crippen molar-refractivity contribution in [3.8, 4) is 0 Å². The highest BCUT2D eigenvalue weighted by atomic mass is 127. The molecule has 0 aliphatic heterocycles. The average molecular weight is 408 g/mol. The van der Waals surface area contributed by atoms with Gasteiger partial charge in [0.05, 0.1) is 6.54 Å². The lowest BCUT2D eigenvalue weighted by atomic mass is 10.1. The lowest BCUT2D eigenvalue weighted by molar-refractivity contribution is -0.114. The number of unbranched alkanes of at least 4 members (excludes halogenated alkanes) is 1. The van der Waals surface area contributed by atoms with Gasteiger partial charge in [-0.3, -0.25) is 4.79 Å². The average Bonchev–Trinajstić information content (AvgIpc) is 2.54. The Balaban J connectivity index is 1.80. The molecule has 0 bridgehead atoms. The van der Waals surface area contributed by atoms with Gasteiger partial charge in [0.1, 0.15) is 0 Å². The van der Waals surface area contributed by atoms with Crippen LogP contribution in [0.1, 0.15) is 25.3 Å². The predicted molar refractivity (Wildman–Crippen MR) is 101 cm³/mol. The van der Waals surface area contributed by atoms with Crippen LogP contribution in [0, 0.1) is 3.57 Å². The van der Waals surface area contributed by atoms with Gasteiger partial charge in [0, 0.05) is 14.9 Å². The van der Waals surface area contributed by atoms with Crippen molar-refractivity contribution in [2.75, 3.05) is 17.2 Å². The summed E-state index contributed by atoms with van der Waals surface area (Å²) in [7, 11) is 0. The number of rotatable bonds is 7. The van der Waals surface area contributed by atoms with E-state index in [2.05, 4.69) is 52.3 Å². The van der Waals surface area contributed by atoms with Crippen molar-refractivity contribution in [3.05, 3.63) is 57.7 Å². The van der Waals surface area contributed by atoms with Crippen LogP contribution in [0.5, 0.6) is 0 Å². The summed E-state index contributed by atoms with van der Waals surface area (Å²) in [5.41, 5.74) is 3.11. The Kier molecular flexibility index (Phi) is 6.71. The van der Waals surface area contributed by atoms with E-state index < -0.39 is 0 Å². The van der Waals surface area contributed by atoms with E-state index in [0.717, 1.165) is 17.8 Å². The van der Waals surface area contributed by atoms with E-state index in [0.29, 0.717) is 0 Å². The maximum atomic E-state index is 11.9. The Morgan fingerprint density at radius 1 is 1.00 bits per heavy atom. The van der Waals surface area contributed by atoms with E-state index in [-0.39, 0.29) is 12.5 Å². The molecule has 0 heterocycles. The molecule has 0 aliphatic rings. The van der Waals surface area contributed by atoms with Crippen LogP contribution in [0.3, 0.4) is 0 Å². The van der Waals surface area contributed by atoms with Gasteiger partial charge in [0.25, 0.3) is 0 Å². The number of amides is 1. The summed E-state index contributed by atoms with van der Waals surface area (Å²) in [4.78, 5) is 11.9. The zero-order valence-electron chi connectivity index (χ0n) is 12.7. The molecule has 4 heteroatoms. The molecule has 1 amide bonds. The molecule has 3 nitrogen and oxygen atoms in total. The van der Waals surface area contributed by atoms with Crippen LogP contribution in [-0.2, 0) is 11.2 Å². The molecule has 0 saturated carbocycles. The first-order valence-electron chi connectivity index (χ1n) is 7.55. The number of benzene rings is 2. The second kappa shape index (κ2) is 8.78. The van der Waals surface area contributed by atoms with Gasteiger partial charge in [-0.05, 0) is 77.4 Å². The zero-order valence-corrected chi connectivity index (χ0v) is 14.9. The highest BCUT2D eigenvalue weighted by Crippen LogP contribution is 2.13. The topological polar surface area (TPSA) is 41.1 Å². The first kappa shape index (κ1) is 16.8. The number of anilines is 2. The predicted octanol–water partition coefficient (Wildman–Crippen LogP) is 4.68. The van der Waals surface area contributed by atoms with Crippen molar-refractivity contribution in [1.82, 2.24) is 0 Å². The standard InChI is InChI=1S/C18H21IN2O/c1-2-3-4-14-5-9-17(10-6-14)21-18(22)13-20-16-11-7-15(19)8-12-16/h5-12,20H,2-4,13H2,1H3,(H,21,22). The van der Waals surface area contributed by atoms with E-state index in [1.807, 2.05) is 36.4 Å². The molecule has 116 valence electrons. The lowest BCUT2D eigenvalue weighted by Crippen LogP contribution is -2.21. The number of nitrogens with one attached hydrogen (secondary N) is 2. The quantitative estimate of drug-likeness (QED) is 0.653. The number of halogens is 1. The van der Waals surface area contributed by atoms with Crippen molar-refractivity contribution in [2.24, 2.45) is 0 Å². The minimum Gasteiger partial charge on any atom is -0.376 e. The van der Waals surface area contributed by atoms with Crippen LogP contribution in [0.2, 0.25) is 0 Å². The molecule has 22 heavy (non-hydrogen) atoms. The zero-order chi connectivity index (χ0) is 15.8. The van der Waals surface area contributed by atoms with Crippen LogP contribution in [0.4, 0.5) is 11.4 Å². The summed E-state index contributed by atoms with van der Waals surface area (Å²) in [6.07, 6.45) is 3.49. The largest absolute Gasteiger partial charge is 0.376 e. The minimum atomic E-state index is -0.0418. The molecule has 0 aliphatic carbocycles. The first-order chi connectivity index (χ1) is 10.7. The Morgan fingerprint density at radius 3 is 2.27 bits per heavy atom. The molecule has 0 saturated heterocycles. The van der Waals surface area contributed by atoms with Crippen molar-refractivity contribution < 1.29 is 4.79 Å². The van der Waals surface area contributed by atoms with Gasteiger partial charge >= 0.3 is 0 Å². The number of hydrogen-bond donors (Lipinski definition) is 2.